The molecule has 0 aliphatic heterocycles. The summed E-state index contributed by atoms with van der Waals surface area (Å²) < 4.78 is 34.2. The summed E-state index contributed by atoms with van der Waals surface area (Å²) in [6.45, 7) is 3.90. The molecule has 1 fully saturated rings. The van der Waals surface area contributed by atoms with Gasteiger partial charge in [-0.05, 0) is 31.0 Å². The molecule has 36 heavy (non-hydrogen) atoms. The number of nitrogens with zero attached hydrogens (tertiary/aromatic N) is 4. The van der Waals surface area contributed by atoms with Crippen molar-refractivity contribution < 1.29 is 13.5 Å². The molecule has 0 spiro atoms. The van der Waals surface area contributed by atoms with E-state index >= 15 is 0 Å². The van der Waals surface area contributed by atoms with E-state index in [2.05, 4.69) is 11.1 Å². The van der Waals surface area contributed by atoms with Gasteiger partial charge >= 0.3 is 0 Å². The maximum absolute atomic E-state index is 14.0. The Morgan fingerprint density at radius 1 is 1.11 bits per heavy atom. The summed E-state index contributed by atoms with van der Waals surface area (Å²) in [6, 6.07) is 17.0. The molecule has 1 aliphatic rings. The Hall–Kier alpha value is -3.63. The lowest BCUT2D eigenvalue weighted by Crippen LogP contribution is -2.23. The van der Waals surface area contributed by atoms with Crippen LogP contribution in [0.3, 0.4) is 0 Å². The molecule has 5 nitrogen and oxygen atoms in total. The van der Waals surface area contributed by atoms with Gasteiger partial charge in [0.1, 0.15) is 18.4 Å². The fraction of sp³-hybridized carbons (Fsp3) is 0.286. The Kier molecular flexibility index (Phi) is 6.09. The van der Waals surface area contributed by atoms with Crippen molar-refractivity contribution in [2.75, 3.05) is 0 Å². The number of nitriles is 1. The van der Waals surface area contributed by atoms with E-state index in [-0.39, 0.29) is 18.5 Å². The number of aromatic nitrogens is 3. The van der Waals surface area contributed by atoms with Crippen LogP contribution in [0.5, 0.6) is 5.75 Å². The van der Waals surface area contributed by atoms with Crippen molar-refractivity contribution in [3.05, 3.63) is 82.4 Å². The molecule has 3 aromatic heterocycles. The van der Waals surface area contributed by atoms with Crippen molar-refractivity contribution in [2.24, 2.45) is 0 Å². The molecule has 8 heteroatoms. The van der Waals surface area contributed by atoms with Crippen molar-refractivity contribution >= 4 is 22.5 Å². The number of fused-ring (bicyclic) bond motifs is 1. The molecule has 1 saturated carbocycles. The van der Waals surface area contributed by atoms with Gasteiger partial charge in [-0.2, -0.15) is 5.26 Å². The number of halogens is 3. The summed E-state index contributed by atoms with van der Waals surface area (Å²) in [4.78, 5) is 13.6. The molecule has 1 aromatic carbocycles. The summed E-state index contributed by atoms with van der Waals surface area (Å²) in [5.74, 6) is -2.26. The van der Waals surface area contributed by atoms with Crippen molar-refractivity contribution in [3.63, 3.8) is 0 Å². The molecule has 0 unspecified atom stereocenters. The summed E-state index contributed by atoms with van der Waals surface area (Å²) >= 11 is 6.64. The van der Waals surface area contributed by atoms with Crippen LogP contribution in [0.1, 0.15) is 48.8 Å². The van der Waals surface area contributed by atoms with E-state index in [0.29, 0.717) is 57.3 Å². The third kappa shape index (κ3) is 4.49. The quantitative estimate of drug-likeness (QED) is 0.288. The first kappa shape index (κ1) is 24.1. The lowest BCUT2D eigenvalue weighted by atomic mass is 9.84. The van der Waals surface area contributed by atoms with Crippen LogP contribution >= 0.6 is 11.6 Å². The van der Waals surface area contributed by atoms with Crippen molar-refractivity contribution in [1.29, 1.82) is 5.26 Å². The fourth-order valence-electron chi connectivity index (χ4n) is 4.89. The van der Waals surface area contributed by atoms with E-state index in [1.807, 2.05) is 37.3 Å². The molecule has 0 N–H and O–H groups in total. The second-order valence-corrected chi connectivity index (χ2v) is 9.90. The molecule has 1 atom stereocenters. The number of ether oxygens (including phenoxy) is 1. The predicted molar refractivity (Wildman–Crippen MR) is 134 cm³/mol. The maximum atomic E-state index is 14.0. The lowest BCUT2D eigenvalue weighted by molar-refractivity contribution is 0.00335. The molecular formula is C28H23ClF2N4O. The minimum absolute atomic E-state index is 0.175. The summed E-state index contributed by atoms with van der Waals surface area (Å²) in [7, 11) is 0. The Morgan fingerprint density at radius 3 is 2.58 bits per heavy atom. The third-order valence-corrected chi connectivity index (χ3v) is 7.02. The summed E-state index contributed by atoms with van der Waals surface area (Å²) in [6.07, 6.45) is 1.40. The maximum Gasteiger partial charge on any atom is 0.249 e. The van der Waals surface area contributed by atoms with E-state index in [0.717, 1.165) is 5.56 Å². The van der Waals surface area contributed by atoms with E-state index in [1.165, 1.54) is 6.20 Å². The summed E-state index contributed by atoms with van der Waals surface area (Å²) in [5, 5.41) is 10.5. The third-order valence-electron chi connectivity index (χ3n) is 6.73. The highest BCUT2D eigenvalue weighted by Gasteiger charge is 2.49. The zero-order valence-corrected chi connectivity index (χ0v) is 20.6. The van der Waals surface area contributed by atoms with Crippen LogP contribution in [0.4, 0.5) is 8.78 Å². The molecule has 3 heterocycles. The largest absolute Gasteiger partial charge is 0.488 e. The van der Waals surface area contributed by atoms with Crippen LogP contribution in [0, 0.1) is 18.3 Å². The highest BCUT2D eigenvalue weighted by Crippen LogP contribution is 2.50. The van der Waals surface area contributed by atoms with Crippen LogP contribution in [0.2, 0.25) is 5.02 Å². The molecule has 0 amide bonds. The molecule has 0 bridgehead atoms. The first-order valence-corrected chi connectivity index (χ1v) is 12.0. The van der Waals surface area contributed by atoms with Crippen LogP contribution < -0.4 is 4.74 Å². The first-order chi connectivity index (χ1) is 17.2. The number of benzene rings is 1. The highest BCUT2D eigenvalue weighted by molar-refractivity contribution is 6.31. The van der Waals surface area contributed by atoms with Gasteiger partial charge < -0.3 is 4.74 Å². The van der Waals surface area contributed by atoms with Crippen LogP contribution in [-0.4, -0.2) is 20.9 Å². The number of aryl methyl sites for hydroxylation is 1. The van der Waals surface area contributed by atoms with E-state index in [4.69, 9.17) is 26.3 Å². The molecule has 182 valence electrons. The molecule has 5 rings (SSSR count). The predicted octanol–water partition coefficient (Wildman–Crippen LogP) is 7.18. The lowest BCUT2D eigenvalue weighted by Gasteiger charge is -2.25. The zero-order chi connectivity index (χ0) is 25.5. The minimum atomic E-state index is -2.72. The van der Waals surface area contributed by atoms with E-state index < -0.39 is 11.3 Å². The SMILES string of the molecule is Cc1nc([C@]2(C)CCC(F)(F)C2)c(Cl)cc1-c1cc(OCc2ccccc2)c2c(C#N)nccc2n1. The van der Waals surface area contributed by atoms with Crippen LogP contribution in [-0.2, 0) is 12.0 Å². The van der Waals surface area contributed by atoms with Gasteiger partial charge in [0.2, 0.25) is 5.92 Å². The smallest absolute Gasteiger partial charge is 0.249 e. The van der Waals surface area contributed by atoms with Crippen molar-refractivity contribution in [1.82, 2.24) is 15.0 Å². The average molecular weight is 505 g/mol. The van der Waals surface area contributed by atoms with Gasteiger partial charge in [0.15, 0.2) is 5.69 Å². The van der Waals surface area contributed by atoms with Gasteiger partial charge in [0.05, 0.1) is 27.3 Å². The van der Waals surface area contributed by atoms with Gasteiger partial charge in [0, 0.05) is 41.8 Å². The van der Waals surface area contributed by atoms with Gasteiger partial charge in [0.25, 0.3) is 0 Å². The standard InChI is InChI=1S/C28H23ClF2N4O/c1-17-19(12-20(29)26(34-17)27(2)9-10-28(30,31)16-27)22-13-24(36-15-18-6-4-3-5-7-18)25-21(35-22)8-11-33-23(25)14-32/h3-8,11-13H,9-10,15-16H2,1-2H3/t27-/m1/s1. The zero-order valence-electron chi connectivity index (χ0n) is 19.9. The highest BCUT2D eigenvalue weighted by atomic mass is 35.5. The van der Waals surface area contributed by atoms with Crippen molar-refractivity contribution in [2.45, 2.75) is 51.1 Å². The first-order valence-electron chi connectivity index (χ1n) is 11.6. The minimum Gasteiger partial charge on any atom is -0.488 e. The number of hydrogen-bond acceptors (Lipinski definition) is 5. The van der Waals surface area contributed by atoms with Gasteiger partial charge in [-0.15, -0.1) is 0 Å². The number of pyridine rings is 3. The molecule has 4 aromatic rings. The normalized spacial score (nSPS) is 18.8. The Balaban J connectivity index is 1.60. The Bertz CT molecular complexity index is 1500. The monoisotopic (exact) mass is 504 g/mol. The Morgan fingerprint density at radius 2 is 1.89 bits per heavy atom. The fourth-order valence-corrected chi connectivity index (χ4v) is 5.27. The van der Waals surface area contributed by atoms with Crippen LogP contribution in [0.25, 0.3) is 22.2 Å². The second-order valence-electron chi connectivity index (χ2n) is 9.49. The number of rotatable bonds is 5. The van der Waals surface area contributed by atoms with Gasteiger partial charge in [-0.1, -0.05) is 48.9 Å². The topological polar surface area (TPSA) is 71.7 Å². The summed E-state index contributed by atoms with van der Waals surface area (Å²) in [5.41, 5.74) is 3.27. The number of hydrogen-bond donors (Lipinski definition) is 0. The molecular weight excluding hydrogens is 482 g/mol. The molecule has 0 radical (unpaired) electrons. The van der Waals surface area contributed by atoms with E-state index in [1.54, 1.807) is 25.1 Å². The molecule has 1 aliphatic carbocycles. The second kappa shape index (κ2) is 9.11. The number of alkyl halides is 2. The van der Waals surface area contributed by atoms with Crippen molar-refractivity contribution in [3.8, 4) is 23.1 Å². The van der Waals surface area contributed by atoms with Gasteiger partial charge in [-0.25, -0.2) is 18.7 Å². The van der Waals surface area contributed by atoms with Crippen LogP contribution in [0.15, 0.2) is 54.7 Å². The Labute approximate surface area is 212 Å². The van der Waals surface area contributed by atoms with Gasteiger partial charge in [-0.3, -0.25) is 4.98 Å². The van der Waals surface area contributed by atoms with E-state index in [9.17, 15) is 14.0 Å². The average Bonchev–Trinajstić information content (AvgIpc) is 3.16. The molecule has 0 saturated heterocycles.